The number of nitrogens with one attached hydrogen (secondary N) is 2. The third-order valence-corrected chi connectivity index (χ3v) is 2.37. The van der Waals surface area contributed by atoms with Gasteiger partial charge in [0.1, 0.15) is 6.04 Å². The number of hydrogen-bond donors (Lipinski definition) is 2. The zero-order valence-corrected chi connectivity index (χ0v) is 8.52. The van der Waals surface area contributed by atoms with Crippen LogP contribution in [0.15, 0.2) is 24.3 Å². The van der Waals surface area contributed by atoms with Crippen LogP contribution in [0, 0.1) is 6.92 Å². The second kappa shape index (κ2) is 3.38. The van der Waals surface area contributed by atoms with Crippen LogP contribution in [-0.2, 0) is 4.79 Å². The summed E-state index contributed by atoms with van der Waals surface area (Å²) in [5, 5.41) is 5.89. The van der Waals surface area contributed by atoms with Crippen molar-refractivity contribution >= 4 is 23.2 Å². The molecule has 1 aromatic carbocycles. The van der Waals surface area contributed by atoms with E-state index in [2.05, 4.69) is 10.6 Å². The number of rotatable bonds is 1. The molecule has 2 N–H and O–H groups in total. The van der Waals surface area contributed by atoms with Gasteiger partial charge in [0.25, 0.3) is 5.91 Å². The molecule has 1 amide bonds. The zero-order chi connectivity index (χ0) is 10.1. The monoisotopic (exact) mass is 206 g/mol. The van der Waals surface area contributed by atoms with E-state index >= 15 is 0 Å². The number of carbonyl (C=O) groups excluding carboxylic acids is 1. The van der Waals surface area contributed by atoms with Gasteiger partial charge < -0.3 is 10.6 Å². The molecule has 0 saturated carbocycles. The maximum Gasteiger partial charge on any atom is 0.253 e. The standard InChI is InChI=1S/C10H10N2OS/c1-6-3-2-4-7(5-6)8-9(13)12-10(14)11-8/h2-5,8H,1H3,(H2,11,12,13,14). The Morgan fingerprint density at radius 1 is 1.43 bits per heavy atom. The minimum absolute atomic E-state index is 0.0828. The Labute approximate surface area is 87.5 Å². The van der Waals surface area contributed by atoms with Crippen molar-refractivity contribution in [3.05, 3.63) is 35.4 Å². The Morgan fingerprint density at radius 3 is 2.79 bits per heavy atom. The van der Waals surface area contributed by atoms with Crippen molar-refractivity contribution in [2.24, 2.45) is 0 Å². The van der Waals surface area contributed by atoms with Crippen LogP contribution in [-0.4, -0.2) is 11.0 Å². The Hall–Kier alpha value is -1.42. The summed E-state index contributed by atoms with van der Waals surface area (Å²) in [6.07, 6.45) is 0. The molecule has 1 fully saturated rings. The van der Waals surface area contributed by atoms with Crippen molar-refractivity contribution in [2.45, 2.75) is 13.0 Å². The smallest absolute Gasteiger partial charge is 0.253 e. The molecule has 0 aromatic heterocycles. The molecule has 0 bridgehead atoms. The van der Waals surface area contributed by atoms with E-state index in [0.29, 0.717) is 5.11 Å². The highest BCUT2D eigenvalue weighted by atomic mass is 32.1. The lowest BCUT2D eigenvalue weighted by atomic mass is 10.1. The maximum atomic E-state index is 11.4. The van der Waals surface area contributed by atoms with E-state index < -0.39 is 0 Å². The van der Waals surface area contributed by atoms with Crippen LogP contribution < -0.4 is 10.6 Å². The van der Waals surface area contributed by atoms with Crippen molar-refractivity contribution in [1.29, 1.82) is 0 Å². The lowest BCUT2D eigenvalue weighted by molar-refractivity contribution is -0.120. The zero-order valence-electron chi connectivity index (χ0n) is 7.70. The molecule has 0 aliphatic carbocycles. The number of benzene rings is 1. The van der Waals surface area contributed by atoms with Crippen LogP contribution >= 0.6 is 12.2 Å². The molecule has 3 nitrogen and oxygen atoms in total. The third kappa shape index (κ3) is 1.61. The van der Waals surface area contributed by atoms with E-state index in [1.165, 1.54) is 0 Å². The minimum atomic E-state index is -0.331. The second-order valence-corrected chi connectivity index (χ2v) is 3.72. The molecule has 1 aromatic rings. The summed E-state index contributed by atoms with van der Waals surface area (Å²) in [6.45, 7) is 1.99. The van der Waals surface area contributed by atoms with E-state index in [0.717, 1.165) is 11.1 Å². The fourth-order valence-corrected chi connectivity index (χ4v) is 1.72. The van der Waals surface area contributed by atoms with E-state index in [-0.39, 0.29) is 11.9 Å². The van der Waals surface area contributed by atoms with Gasteiger partial charge in [0, 0.05) is 0 Å². The summed E-state index contributed by atoms with van der Waals surface area (Å²) in [7, 11) is 0. The number of amides is 1. The number of aryl methyl sites for hydroxylation is 1. The van der Waals surface area contributed by atoms with Crippen molar-refractivity contribution in [3.63, 3.8) is 0 Å². The first-order valence-corrected chi connectivity index (χ1v) is 4.75. The highest BCUT2D eigenvalue weighted by molar-refractivity contribution is 7.80. The summed E-state index contributed by atoms with van der Waals surface area (Å²) >= 11 is 4.86. The summed E-state index contributed by atoms with van der Waals surface area (Å²) in [4.78, 5) is 11.4. The molecule has 0 radical (unpaired) electrons. The Kier molecular flexibility index (Phi) is 2.21. The molecule has 1 atom stereocenters. The first-order valence-electron chi connectivity index (χ1n) is 4.35. The van der Waals surface area contributed by atoms with Gasteiger partial charge in [-0.25, -0.2) is 0 Å². The molecule has 1 heterocycles. The molecule has 1 aliphatic rings. The van der Waals surface area contributed by atoms with Crippen LogP contribution in [0.4, 0.5) is 0 Å². The Morgan fingerprint density at radius 2 is 2.21 bits per heavy atom. The fourth-order valence-electron chi connectivity index (χ4n) is 1.50. The average molecular weight is 206 g/mol. The third-order valence-electron chi connectivity index (χ3n) is 2.15. The van der Waals surface area contributed by atoms with E-state index in [9.17, 15) is 4.79 Å². The Bertz CT molecular complexity index is 403. The summed E-state index contributed by atoms with van der Waals surface area (Å²) in [5.74, 6) is -0.0828. The van der Waals surface area contributed by atoms with Gasteiger partial charge in [-0.05, 0) is 24.7 Å². The average Bonchev–Trinajstić information content (AvgIpc) is 2.45. The highest BCUT2D eigenvalue weighted by Crippen LogP contribution is 2.17. The Balaban J connectivity index is 2.31. The van der Waals surface area contributed by atoms with Gasteiger partial charge in [0.2, 0.25) is 0 Å². The highest BCUT2D eigenvalue weighted by Gasteiger charge is 2.28. The normalized spacial score (nSPS) is 20.5. The molecule has 1 aliphatic heterocycles. The summed E-state index contributed by atoms with van der Waals surface area (Å²) < 4.78 is 0. The van der Waals surface area contributed by atoms with Crippen LogP contribution in [0.1, 0.15) is 17.2 Å². The van der Waals surface area contributed by atoms with Crippen LogP contribution in [0.25, 0.3) is 0 Å². The first kappa shape index (κ1) is 9.15. The summed E-state index contributed by atoms with van der Waals surface area (Å²) in [5.41, 5.74) is 2.08. The lowest BCUT2D eigenvalue weighted by Gasteiger charge is -2.08. The summed E-state index contributed by atoms with van der Waals surface area (Å²) in [6, 6.07) is 7.49. The van der Waals surface area contributed by atoms with Gasteiger partial charge in [-0.2, -0.15) is 0 Å². The molecule has 2 rings (SSSR count). The van der Waals surface area contributed by atoms with Crippen molar-refractivity contribution in [3.8, 4) is 0 Å². The van der Waals surface area contributed by atoms with Gasteiger partial charge >= 0.3 is 0 Å². The predicted molar refractivity (Wildman–Crippen MR) is 57.8 cm³/mol. The van der Waals surface area contributed by atoms with Crippen LogP contribution in [0.5, 0.6) is 0 Å². The van der Waals surface area contributed by atoms with Crippen molar-refractivity contribution in [2.75, 3.05) is 0 Å². The molecule has 1 saturated heterocycles. The van der Waals surface area contributed by atoms with Gasteiger partial charge in [0.05, 0.1) is 0 Å². The molecular formula is C10H10N2OS. The fraction of sp³-hybridized carbons (Fsp3) is 0.200. The quantitative estimate of drug-likeness (QED) is 0.675. The maximum absolute atomic E-state index is 11.4. The largest absolute Gasteiger partial charge is 0.347 e. The van der Waals surface area contributed by atoms with Crippen LogP contribution in [0.2, 0.25) is 0 Å². The number of thiocarbonyl (C=S) groups is 1. The van der Waals surface area contributed by atoms with Crippen molar-refractivity contribution < 1.29 is 4.79 Å². The first-order chi connectivity index (χ1) is 6.66. The number of carbonyl (C=O) groups is 1. The van der Waals surface area contributed by atoms with E-state index in [1.54, 1.807) is 0 Å². The number of hydrogen-bond acceptors (Lipinski definition) is 2. The van der Waals surface area contributed by atoms with Crippen LogP contribution in [0.3, 0.4) is 0 Å². The van der Waals surface area contributed by atoms with Gasteiger partial charge in [-0.15, -0.1) is 0 Å². The molecule has 14 heavy (non-hydrogen) atoms. The van der Waals surface area contributed by atoms with Gasteiger partial charge in [-0.1, -0.05) is 29.8 Å². The van der Waals surface area contributed by atoms with Crippen molar-refractivity contribution in [1.82, 2.24) is 10.6 Å². The van der Waals surface area contributed by atoms with E-state index in [1.807, 2.05) is 31.2 Å². The lowest BCUT2D eigenvalue weighted by Crippen LogP contribution is -2.21. The van der Waals surface area contributed by atoms with Gasteiger partial charge in [-0.3, -0.25) is 4.79 Å². The molecule has 4 heteroatoms. The predicted octanol–water partition coefficient (Wildman–Crippen LogP) is 1.04. The van der Waals surface area contributed by atoms with E-state index in [4.69, 9.17) is 12.2 Å². The van der Waals surface area contributed by atoms with Gasteiger partial charge in [0.15, 0.2) is 5.11 Å². The molecular weight excluding hydrogens is 196 g/mol. The minimum Gasteiger partial charge on any atom is -0.347 e. The SMILES string of the molecule is Cc1cccc(C2NC(=S)NC2=O)c1. The molecule has 0 spiro atoms. The second-order valence-electron chi connectivity index (χ2n) is 3.31. The topological polar surface area (TPSA) is 41.1 Å². The molecule has 1 unspecified atom stereocenters. The molecule has 72 valence electrons.